The molecule has 3 N–H and O–H groups in total. The molecular formula is C10H11F2NO3. The quantitative estimate of drug-likeness (QED) is 0.816. The van der Waals surface area contributed by atoms with E-state index in [-0.39, 0.29) is 11.3 Å². The van der Waals surface area contributed by atoms with Crippen molar-refractivity contribution in [1.82, 2.24) is 0 Å². The molecule has 0 aliphatic rings. The molecule has 0 bridgehead atoms. The average Bonchev–Trinajstić information content (AvgIpc) is 2.27. The lowest BCUT2D eigenvalue weighted by Gasteiger charge is -2.25. The van der Waals surface area contributed by atoms with Crippen molar-refractivity contribution in [3.05, 3.63) is 29.8 Å². The first-order chi connectivity index (χ1) is 7.44. The normalized spacial score (nSPS) is 14.6. The summed E-state index contributed by atoms with van der Waals surface area (Å²) >= 11 is 0. The Morgan fingerprint density at radius 1 is 1.50 bits per heavy atom. The van der Waals surface area contributed by atoms with Crippen molar-refractivity contribution < 1.29 is 23.4 Å². The van der Waals surface area contributed by atoms with Crippen LogP contribution in [0.5, 0.6) is 5.75 Å². The summed E-state index contributed by atoms with van der Waals surface area (Å²) in [5, 5.41) is 8.82. The zero-order valence-corrected chi connectivity index (χ0v) is 8.48. The van der Waals surface area contributed by atoms with Gasteiger partial charge in [0.25, 0.3) is 6.43 Å². The molecule has 0 radical (unpaired) electrons. The summed E-state index contributed by atoms with van der Waals surface area (Å²) in [6.45, 7) is 0. The molecule has 0 aromatic heterocycles. The highest BCUT2D eigenvalue weighted by molar-refractivity contribution is 5.82. The second-order valence-corrected chi connectivity index (χ2v) is 3.18. The van der Waals surface area contributed by atoms with Crippen molar-refractivity contribution in [3.63, 3.8) is 0 Å². The maximum atomic E-state index is 12.8. The summed E-state index contributed by atoms with van der Waals surface area (Å²) in [6, 6.07) is 5.54. The monoisotopic (exact) mass is 231 g/mol. The van der Waals surface area contributed by atoms with E-state index in [0.29, 0.717) is 0 Å². The Bertz CT molecular complexity index is 397. The molecule has 0 fully saturated rings. The Morgan fingerprint density at radius 2 is 2.06 bits per heavy atom. The predicted molar refractivity (Wildman–Crippen MR) is 52.5 cm³/mol. The molecule has 1 rings (SSSR count). The minimum Gasteiger partial charge on any atom is -0.496 e. The number of carbonyl (C=O) groups is 1. The summed E-state index contributed by atoms with van der Waals surface area (Å²) in [5.41, 5.74) is 2.24. The molecule has 16 heavy (non-hydrogen) atoms. The number of rotatable bonds is 4. The third-order valence-corrected chi connectivity index (χ3v) is 2.25. The third kappa shape index (κ3) is 1.83. The van der Waals surface area contributed by atoms with Gasteiger partial charge in [-0.25, -0.2) is 13.6 Å². The van der Waals surface area contributed by atoms with E-state index in [2.05, 4.69) is 0 Å². The molecule has 0 aliphatic heterocycles. The van der Waals surface area contributed by atoms with Gasteiger partial charge in [-0.3, -0.25) is 0 Å². The topological polar surface area (TPSA) is 72.5 Å². The number of halogens is 2. The van der Waals surface area contributed by atoms with Crippen molar-refractivity contribution in [3.8, 4) is 5.75 Å². The highest BCUT2D eigenvalue weighted by Crippen LogP contribution is 2.32. The SMILES string of the molecule is COc1ccccc1C(N)(C(=O)O)C(F)F. The van der Waals surface area contributed by atoms with Crippen LogP contribution < -0.4 is 10.5 Å². The van der Waals surface area contributed by atoms with Gasteiger partial charge in [0.1, 0.15) is 5.75 Å². The standard InChI is InChI=1S/C10H11F2NO3/c1-16-7-5-3-2-4-6(7)10(13,8(11)12)9(14)15/h2-5,8H,13H2,1H3,(H,14,15). The van der Waals surface area contributed by atoms with Gasteiger partial charge in [0, 0.05) is 5.56 Å². The fraction of sp³-hybridized carbons (Fsp3) is 0.300. The molecule has 1 unspecified atom stereocenters. The molecular weight excluding hydrogens is 220 g/mol. The second-order valence-electron chi connectivity index (χ2n) is 3.18. The molecule has 0 spiro atoms. The molecule has 0 saturated heterocycles. The predicted octanol–water partition coefficient (Wildman–Crippen LogP) is 1.20. The van der Waals surface area contributed by atoms with Gasteiger partial charge in [-0.2, -0.15) is 0 Å². The van der Waals surface area contributed by atoms with E-state index in [4.69, 9.17) is 15.6 Å². The van der Waals surface area contributed by atoms with Crippen molar-refractivity contribution in [2.75, 3.05) is 7.11 Å². The third-order valence-electron chi connectivity index (χ3n) is 2.25. The molecule has 4 nitrogen and oxygen atoms in total. The molecule has 0 saturated carbocycles. The average molecular weight is 231 g/mol. The molecule has 6 heteroatoms. The zero-order chi connectivity index (χ0) is 12.3. The summed E-state index contributed by atoms with van der Waals surface area (Å²) in [4.78, 5) is 10.9. The number of nitrogens with two attached hydrogens (primary N) is 1. The number of hydrogen-bond acceptors (Lipinski definition) is 3. The molecule has 1 aromatic rings. The lowest BCUT2D eigenvalue weighted by atomic mass is 9.90. The van der Waals surface area contributed by atoms with Crippen LogP contribution in [-0.4, -0.2) is 24.6 Å². The smallest absolute Gasteiger partial charge is 0.334 e. The van der Waals surface area contributed by atoms with E-state index in [9.17, 15) is 13.6 Å². The van der Waals surface area contributed by atoms with E-state index in [1.54, 1.807) is 0 Å². The van der Waals surface area contributed by atoms with Gasteiger partial charge in [-0.15, -0.1) is 0 Å². The number of para-hydroxylation sites is 1. The van der Waals surface area contributed by atoms with Crippen LogP contribution in [-0.2, 0) is 10.3 Å². The van der Waals surface area contributed by atoms with Crippen LogP contribution in [0.2, 0.25) is 0 Å². The number of benzene rings is 1. The fourth-order valence-corrected chi connectivity index (χ4v) is 1.31. The van der Waals surface area contributed by atoms with Gasteiger partial charge in [0.05, 0.1) is 7.11 Å². The largest absolute Gasteiger partial charge is 0.496 e. The summed E-state index contributed by atoms with van der Waals surface area (Å²) in [6.07, 6.45) is -3.23. The Balaban J connectivity index is 3.37. The number of aliphatic carboxylic acids is 1. The van der Waals surface area contributed by atoms with Crippen molar-refractivity contribution in [2.24, 2.45) is 5.73 Å². The molecule has 88 valence electrons. The van der Waals surface area contributed by atoms with Gasteiger partial charge in [0.15, 0.2) is 0 Å². The second kappa shape index (κ2) is 4.44. The van der Waals surface area contributed by atoms with Crippen LogP contribution >= 0.6 is 0 Å². The zero-order valence-electron chi connectivity index (χ0n) is 8.48. The van der Waals surface area contributed by atoms with Gasteiger partial charge >= 0.3 is 5.97 Å². The van der Waals surface area contributed by atoms with Crippen molar-refractivity contribution in [1.29, 1.82) is 0 Å². The summed E-state index contributed by atoms with van der Waals surface area (Å²) < 4.78 is 30.4. The Morgan fingerprint density at radius 3 is 2.50 bits per heavy atom. The van der Waals surface area contributed by atoms with E-state index < -0.39 is 17.9 Å². The summed E-state index contributed by atoms with van der Waals surface area (Å²) in [5.74, 6) is -1.78. The van der Waals surface area contributed by atoms with Gasteiger partial charge in [-0.1, -0.05) is 18.2 Å². The molecule has 0 amide bonds. The highest BCUT2D eigenvalue weighted by Gasteiger charge is 2.47. The molecule has 1 atom stereocenters. The lowest BCUT2D eigenvalue weighted by molar-refractivity contribution is -0.150. The molecule has 0 aliphatic carbocycles. The number of carboxylic acids is 1. The first-order valence-electron chi connectivity index (χ1n) is 4.38. The maximum absolute atomic E-state index is 12.8. The van der Waals surface area contributed by atoms with Gasteiger partial charge in [0.2, 0.25) is 5.54 Å². The lowest BCUT2D eigenvalue weighted by Crippen LogP contribution is -2.51. The van der Waals surface area contributed by atoms with E-state index >= 15 is 0 Å². The minimum atomic E-state index is -3.23. The Kier molecular flexibility index (Phi) is 3.44. The van der Waals surface area contributed by atoms with Crippen LogP contribution in [0.25, 0.3) is 0 Å². The van der Waals surface area contributed by atoms with Gasteiger partial charge in [-0.05, 0) is 6.07 Å². The number of alkyl halides is 2. The first kappa shape index (κ1) is 12.4. The number of ether oxygens (including phenoxy) is 1. The molecule has 0 heterocycles. The highest BCUT2D eigenvalue weighted by atomic mass is 19.3. The van der Waals surface area contributed by atoms with E-state index in [0.717, 1.165) is 0 Å². The number of carboxylic acid groups (broad SMARTS) is 1. The van der Waals surface area contributed by atoms with Crippen LogP contribution in [0.1, 0.15) is 5.56 Å². The number of hydrogen-bond donors (Lipinski definition) is 2. The van der Waals surface area contributed by atoms with Crippen molar-refractivity contribution in [2.45, 2.75) is 12.0 Å². The maximum Gasteiger partial charge on any atom is 0.334 e. The minimum absolute atomic E-state index is 0.0210. The van der Waals surface area contributed by atoms with E-state index in [1.807, 2.05) is 0 Å². The van der Waals surface area contributed by atoms with Crippen LogP contribution in [0.4, 0.5) is 8.78 Å². The Hall–Kier alpha value is -1.69. The number of methoxy groups -OCH3 is 1. The Labute approximate surface area is 90.6 Å². The van der Waals surface area contributed by atoms with Crippen LogP contribution in [0, 0.1) is 0 Å². The van der Waals surface area contributed by atoms with E-state index in [1.165, 1.54) is 31.4 Å². The molecule has 1 aromatic carbocycles. The van der Waals surface area contributed by atoms with Crippen molar-refractivity contribution >= 4 is 5.97 Å². The van der Waals surface area contributed by atoms with Gasteiger partial charge < -0.3 is 15.6 Å². The van der Waals surface area contributed by atoms with Crippen LogP contribution in [0.3, 0.4) is 0 Å². The fourth-order valence-electron chi connectivity index (χ4n) is 1.31. The van der Waals surface area contributed by atoms with Crippen LogP contribution in [0.15, 0.2) is 24.3 Å². The first-order valence-corrected chi connectivity index (χ1v) is 4.38. The summed E-state index contributed by atoms with van der Waals surface area (Å²) in [7, 11) is 1.26.